The standard InChI is InChI=1S/C13H16O6.C13H16O5.C13H16O4.C12H15NO3.C12H16O3.C12H16O2.C11H15F2O3P.C11H17O3P.C10H15O4P.2CH4/c1-13(2,3)8-4-5-10(18-7-11(14)15)9(6-8)12(16)19-17;1-13(2,3)8-4-6-9(7-5-8)18-10(11(14)15)12(16)17;1-13(2,3)9-6-4-8(5-7-9)10(11(14)15)12(16)17;1-12(2,3)8-4-6-9(7-5-8)13-10(14)11(15)16;1-12(2,3)9-6-4-8(5-7-9)10(13)11(14)15;1-12(2,3)10-6-4-9(5-7-10)8-11(13)14;1-10(2,3)8-4-6-9(7-5-8)11(12,13)17(14,15)16;1-11(2,3)10-6-4-9(5-7-10)8-15(12,13)14;1-10(2,3)8-4-6-9(7-5-8)14-15(11,12)13;;/h4-6,17H,7H2,1-3H3,(H,14,15);4-7,10H,1-3H3,(H,14,15)(H,16,17);4-7,10H,1-3H3,(H,14,15)(H,16,17);4-7H,1-3H3,(H,13,14)(H,15,16);4-7,10,13H,1-3H3,(H,14,15);4-7H,8H2,1-3H3,(H,13,14);4-7H,1-3H3,(H2,14,15,16);4-7H,8H2,1-3H3,(H2,12,13,14);4-7H,1-3H3,(H2,11,12,13);2*1H4. The summed E-state index contributed by atoms with van der Waals surface area (Å²) in [6, 6.07) is 59.1. The number of rotatable bonds is 22. The lowest BCUT2D eigenvalue weighted by atomic mass is 9.85. The second-order valence-electron chi connectivity index (χ2n) is 42.7. The van der Waals surface area contributed by atoms with Gasteiger partial charge in [-0.3, -0.25) is 43.0 Å². The van der Waals surface area contributed by atoms with Crippen molar-refractivity contribution in [2.45, 2.75) is 287 Å². The molecule has 9 aromatic rings. The Morgan fingerprint density at radius 2 is 0.642 bits per heavy atom. The maximum atomic E-state index is 13.3. The molecule has 34 nitrogen and oxygen atoms in total. The maximum Gasteiger partial charge on any atom is 0.524 e. The van der Waals surface area contributed by atoms with Crippen LogP contribution in [-0.4, -0.2) is 153 Å². The van der Waals surface area contributed by atoms with E-state index < -0.39 is 119 Å². The van der Waals surface area contributed by atoms with Crippen molar-refractivity contribution in [1.29, 1.82) is 0 Å². The molecule has 9 rings (SSSR count). The lowest BCUT2D eigenvalue weighted by Crippen LogP contribution is -2.35. The van der Waals surface area contributed by atoms with E-state index in [0.717, 1.165) is 62.2 Å². The van der Waals surface area contributed by atoms with E-state index in [-0.39, 0.29) is 105 Å². The fourth-order valence-electron chi connectivity index (χ4n) is 12.1. The molecular formula is C109H150F2NO33P3. The first-order valence-corrected chi connectivity index (χ1v) is 50.1. The van der Waals surface area contributed by atoms with Gasteiger partial charge in [-0.25, -0.2) is 33.3 Å². The number of anilines is 1. The Labute approximate surface area is 865 Å². The molecule has 0 aliphatic rings. The van der Waals surface area contributed by atoms with E-state index in [1.165, 1.54) is 29.8 Å². The van der Waals surface area contributed by atoms with Gasteiger partial charge in [0.05, 0.1) is 12.6 Å². The number of alkyl halides is 2. The molecule has 818 valence electrons. The van der Waals surface area contributed by atoms with E-state index in [2.05, 4.69) is 119 Å². The highest BCUT2D eigenvalue weighted by molar-refractivity contribution is 7.52. The van der Waals surface area contributed by atoms with Crippen LogP contribution < -0.4 is 19.3 Å². The summed E-state index contributed by atoms with van der Waals surface area (Å²) in [7, 11) is -13.9. The van der Waals surface area contributed by atoms with Gasteiger partial charge < -0.3 is 84.8 Å². The predicted octanol–water partition coefficient (Wildman–Crippen LogP) is 22.5. The number of halogens is 2. The number of nitrogens with one attached hydrogen (secondary N) is 1. The van der Waals surface area contributed by atoms with Gasteiger partial charge in [0, 0.05) is 11.3 Å². The molecule has 148 heavy (non-hydrogen) atoms. The molecule has 0 aliphatic heterocycles. The van der Waals surface area contributed by atoms with Crippen molar-refractivity contribution in [2.75, 3.05) is 11.9 Å². The summed E-state index contributed by atoms with van der Waals surface area (Å²) < 4.78 is 73.0. The summed E-state index contributed by atoms with van der Waals surface area (Å²) in [6.45, 7) is 54.7. The summed E-state index contributed by atoms with van der Waals surface area (Å²) in [6.07, 6.45) is -3.40. The third-order valence-electron chi connectivity index (χ3n) is 20.8. The van der Waals surface area contributed by atoms with Crippen LogP contribution in [0.3, 0.4) is 0 Å². The Bertz CT molecular complexity index is 5830. The quantitative estimate of drug-likeness (QED) is 0.00985. The number of aliphatic hydroxyl groups excluding tert-OH is 1. The fourth-order valence-corrected chi connectivity index (χ4v) is 13.7. The number of phosphoric ester groups is 1. The predicted molar refractivity (Wildman–Crippen MR) is 563 cm³/mol. The molecule has 0 radical (unpaired) electrons. The van der Waals surface area contributed by atoms with Crippen molar-refractivity contribution in [3.63, 3.8) is 0 Å². The molecule has 0 bridgehead atoms. The average Bonchev–Trinajstić information content (AvgIpc) is 0.779. The molecule has 1 unspecified atom stereocenters. The van der Waals surface area contributed by atoms with Crippen molar-refractivity contribution in [1.82, 2.24) is 0 Å². The Morgan fingerprint density at radius 3 is 0.919 bits per heavy atom. The van der Waals surface area contributed by atoms with Crippen LogP contribution >= 0.6 is 23.0 Å². The number of carboxylic acids is 8. The highest BCUT2D eigenvalue weighted by Gasteiger charge is 2.50. The number of hydrogen-bond donors (Lipinski definition) is 17. The third kappa shape index (κ3) is 50.8. The summed E-state index contributed by atoms with van der Waals surface area (Å²) >= 11 is 0. The number of carbonyl (C=O) groups is 10. The molecule has 0 aromatic heterocycles. The second kappa shape index (κ2) is 57.2. The molecule has 17 N–H and O–H groups in total. The first-order chi connectivity index (χ1) is 66.0. The molecule has 1 atom stereocenters. The zero-order valence-electron chi connectivity index (χ0n) is 87.3. The minimum atomic E-state index is -5.48. The number of carboxylic acid groups (broad SMARTS) is 8. The molecule has 0 heterocycles. The Morgan fingerprint density at radius 1 is 0.351 bits per heavy atom. The number of aliphatic hydroxyl groups is 1. The highest BCUT2D eigenvalue weighted by Crippen LogP contribution is 2.59. The van der Waals surface area contributed by atoms with Gasteiger partial charge in [-0.15, -0.1) is 0 Å². The van der Waals surface area contributed by atoms with Crippen molar-refractivity contribution in [3.8, 4) is 17.2 Å². The molecule has 0 aliphatic carbocycles. The first-order valence-electron chi connectivity index (χ1n) is 45.2. The summed E-state index contributed by atoms with van der Waals surface area (Å²) in [5.41, 5.74) is 7.16. The minimum absolute atomic E-state index is 0. The third-order valence-corrected chi connectivity index (χ3v) is 23.1. The van der Waals surface area contributed by atoms with Crippen molar-refractivity contribution in [2.24, 2.45) is 0 Å². The number of amides is 1. The number of aliphatic carboxylic acids is 8. The van der Waals surface area contributed by atoms with Crippen LogP contribution in [0.2, 0.25) is 0 Å². The molecule has 1 amide bonds. The number of phosphoric acid groups is 1. The van der Waals surface area contributed by atoms with Crippen molar-refractivity contribution in [3.05, 3.63) is 296 Å². The van der Waals surface area contributed by atoms with E-state index in [1.807, 2.05) is 144 Å². The first kappa shape index (κ1) is 137. The van der Waals surface area contributed by atoms with Gasteiger partial charge >= 0.3 is 88.3 Å². The van der Waals surface area contributed by atoms with Crippen LogP contribution in [-0.2, 0) is 129 Å². The van der Waals surface area contributed by atoms with E-state index in [1.54, 1.807) is 115 Å². The minimum Gasteiger partial charge on any atom is -0.481 e. The highest BCUT2D eigenvalue weighted by atomic mass is 31.2. The largest absolute Gasteiger partial charge is 0.524 e. The monoisotopic (exact) mass is 2130 g/mol. The number of hydrogen-bond acceptors (Lipinski definition) is 19. The van der Waals surface area contributed by atoms with Crippen LogP contribution in [0.15, 0.2) is 212 Å². The van der Waals surface area contributed by atoms with Gasteiger partial charge in [0.25, 0.3) is 6.10 Å². The smallest absolute Gasteiger partial charge is 0.481 e. The van der Waals surface area contributed by atoms with Crippen molar-refractivity contribution >= 4 is 88.3 Å². The van der Waals surface area contributed by atoms with E-state index in [9.17, 15) is 75.5 Å². The molecule has 9 aromatic carbocycles. The Hall–Kier alpha value is -12.7. The van der Waals surface area contributed by atoms with Crippen molar-refractivity contribution < 1.29 is 170 Å². The molecule has 0 saturated carbocycles. The zero-order chi connectivity index (χ0) is 113. The van der Waals surface area contributed by atoms with Crippen LogP contribution in [0.25, 0.3) is 0 Å². The van der Waals surface area contributed by atoms with Gasteiger partial charge in [0.1, 0.15) is 22.8 Å². The van der Waals surface area contributed by atoms with Gasteiger partial charge in [0.15, 0.2) is 18.6 Å². The van der Waals surface area contributed by atoms with E-state index in [4.69, 9.17) is 84.9 Å². The number of benzene rings is 9. The molecule has 0 fully saturated rings. The molecule has 39 heteroatoms. The normalized spacial score (nSPS) is 11.9. The zero-order valence-corrected chi connectivity index (χ0v) is 89.9. The van der Waals surface area contributed by atoms with Gasteiger partial charge in [-0.1, -0.05) is 366 Å². The van der Waals surface area contributed by atoms with Crippen LogP contribution in [0.5, 0.6) is 17.2 Å². The lowest BCUT2D eigenvalue weighted by molar-refractivity contribution is -0.183. The van der Waals surface area contributed by atoms with Crippen LogP contribution in [0.1, 0.15) is 302 Å². The summed E-state index contributed by atoms with van der Waals surface area (Å²) in [5.74, 6) is -13.5. The maximum absolute atomic E-state index is 13.3. The van der Waals surface area contributed by atoms with E-state index in [0.29, 0.717) is 16.8 Å². The van der Waals surface area contributed by atoms with Gasteiger partial charge in [0.2, 0.25) is 0 Å². The van der Waals surface area contributed by atoms with E-state index >= 15 is 0 Å². The van der Waals surface area contributed by atoms with Crippen LogP contribution in [0, 0.1) is 0 Å². The lowest BCUT2D eigenvalue weighted by Gasteiger charge is -2.21. The topological polar surface area (TPSA) is 595 Å². The Kier molecular flexibility index (Phi) is 53.1. The number of ether oxygens (including phenoxy) is 2. The summed E-state index contributed by atoms with van der Waals surface area (Å²) in [4.78, 5) is 163. The SMILES string of the molecule is C.C.CC(C)(C)c1ccc(C(C(=O)O)C(=O)O)cc1.CC(C)(C)c1ccc(C(F)(F)P(=O)(O)O)cc1.CC(C)(C)c1ccc(C(O)C(=O)O)cc1.CC(C)(C)c1ccc(CC(=O)O)cc1.CC(C)(C)c1ccc(CP(=O)(O)O)cc1.CC(C)(C)c1ccc(NC(=O)C(=O)O)cc1.CC(C)(C)c1ccc(OC(C(=O)O)C(=O)O)cc1.CC(C)(C)c1ccc(OCC(=O)O)c(C(=O)OO)c1.CC(C)(C)c1ccc(OP(=O)(O)O)cc1. The molecule has 0 saturated heterocycles. The molecule has 0 spiro atoms. The van der Waals surface area contributed by atoms with Gasteiger partial charge in [-0.05, 0) is 170 Å². The fraction of sp³-hybridized carbons (Fsp3) is 0.413. The summed E-state index contributed by atoms with van der Waals surface area (Å²) in [5, 5.41) is 89.3. The number of carbonyl (C=O) groups excluding carboxylic acids is 2. The Balaban J connectivity index is 0. The molecular weight excluding hydrogens is 1980 g/mol. The van der Waals surface area contributed by atoms with Gasteiger partial charge in [-0.2, -0.15) is 14.0 Å². The average molecular weight is 2130 g/mol. The van der Waals surface area contributed by atoms with Crippen LogP contribution in [0.4, 0.5) is 14.5 Å². The second-order valence-corrected chi connectivity index (χ2v) is 47.2.